The van der Waals surface area contributed by atoms with Gasteiger partial charge in [0.1, 0.15) is 0 Å². The van der Waals surface area contributed by atoms with Crippen LogP contribution in [-0.4, -0.2) is 16.9 Å². The van der Waals surface area contributed by atoms with Gasteiger partial charge in [0.2, 0.25) is 11.3 Å². The molecule has 0 unspecified atom stereocenters. The third-order valence-electron chi connectivity index (χ3n) is 4.12. The highest BCUT2D eigenvalue weighted by atomic mass is 79.9. The van der Waals surface area contributed by atoms with Crippen LogP contribution in [0.4, 0.5) is 5.69 Å². The topological polar surface area (TPSA) is 66.4 Å². The first-order valence-electron chi connectivity index (χ1n) is 6.87. The lowest BCUT2D eigenvalue weighted by molar-refractivity contribution is -0.140. The van der Waals surface area contributed by atoms with Gasteiger partial charge in [-0.05, 0) is 29.0 Å². The second-order valence-corrected chi connectivity index (χ2v) is 7.11. The fourth-order valence-electron chi connectivity index (χ4n) is 3.01. The maximum Gasteiger partial charge on any atom is 0.343 e. The minimum absolute atomic E-state index is 0.409. The first-order valence-corrected chi connectivity index (χ1v) is 8.54. The van der Waals surface area contributed by atoms with Crippen LogP contribution in [0, 0.1) is 0 Å². The zero-order valence-corrected chi connectivity index (χ0v) is 14.1. The van der Waals surface area contributed by atoms with Gasteiger partial charge in [0, 0.05) is 20.3 Å². The molecule has 1 aliphatic heterocycles. The Kier molecular flexibility index (Phi) is 3.08. The van der Waals surface area contributed by atoms with Gasteiger partial charge >= 0.3 is 5.97 Å². The fraction of sp³-hybridized carbons (Fsp3) is 0.0588. The van der Waals surface area contributed by atoms with Crippen LogP contribution in [0.5, 0.6) is 0 Å². The number of fused-ring (bicyclic) bond motifs is 3. The molecule has 1 aliphatic rings. The number of thiophene rings is 1. The molecule has 23 heavy (non-hydrogen) atoms. The van der Waals surface area contributed by atoms with Gasteiger partial charge in [0.05, 0.1) is 5.69 Å². The molecule has 1 aromatic heterocycles. The minimum Gasteiger partial charge on any atom is -0.479 e. The molecule has 2 heterocycles. The number of aliphatic carboxylic acids is 1. The molecule has 0 saturated heterocycles. The molecule has 0 spiro atoms. The summed E-state index contributed by atoms with van der Waals surface area (Å²) in [5, 5.41) is 16.4. The summed E-state index contributed by atoms with van der Waals surface area (Å²) >= 11 is 4.75. The Morgan fingerprint density at radius 2 is 1.96 bits per heavy atom. The zero-order chi connectivity index (χ0) is 16.2. The predicted octanol–water partition coefficient (Wildman–Crippen LogP) is 4.25. The molecule has 114 valence electrons. The van der Waals surface area contributed by atoms with Crippen LogP contribution in [-0.2, 0) is 10.3 Å². The normalized spacial score (nSPS) is 19.6. The third-order valence-corrected chi connectivity index (χ3v) is 5.80. The minimum atomic E-state index is -1.74. The lowest BCUT2D eigenvalue weighted by Gasteiger charge is -2.22. The maximum atomic E-state index is 12.9. The van der Waals surface area contributed by atoms with Crippen molar-refractivity contribution in [2.45, 2.75) is 5.54 Å². The second-order valence-electron chi connectivity index (χ2n) is 5.31. The molecule has 0 fully saturated rings. The van der Waals surface area contributed by atoms with Gasteiger partial charge in [0.15, 0.2) is 0 Å². The number of carboxylic acid groups (broad SMARTS) is 1. The molecule has 4 nitrogen and oxygen atoms in total. The van der Waals surface area contributed by atoms with Crippen LogP contribution in [0.2, 0.25) is 0 Å². The van der Waals surface area contributed by atoms with Crippen molar-refractivity contribution in [2.75, 3.05) is 5.32 Å². The number of halogens is 1. The van der Waals surface area contributed by atoms with Crippen molar-refractivity contribution in [3.8, 4) is 0 Å². The van der Waals surface area contributed by atoms with Gasteiger partial charge in [-0.15, -0.1) is 11.3 Å². The molecule has 1 atom stereocenters. The number of anilines is 1. The largest absolute Gasteiger partial charge is 0.479 e. The van der Waals surface area contributed by atoms with E-state index in [1.807, 2.05) is 24.3 Å². The number of ketones is 1. The Labute approximate surface area is 143 Å². The number of hydrogen-bond acceptors (Lipinski definition) is 4. The first-order chi connectivity index (χ1) is 11.1. The molecule has 3 aromatic rings. The smallest absolute Gasteiger partial charge is 0.343 e. The average Bonchev–Trinajstić information content (AvgIpc) is 3.15. The molecule has 2 N–H and O–H groups in total. The number of Topliss-reactive ketones (excluding diaryl/α,β-unsaturated/α-hetero) is 1. The Morgan fingerprint density at radius 1 is 1.13 bits per heavy atom. The SMILES string of the molecule is O=C(O)[C@]1(c2cccs2)Nc2c(ccc3c(Br)cccc23)C1=O. The third kappa shape index (κ3) is 1.82. The van der Waals surface area contributed by atoms with Crippen molar-refractivity contribution < 1.29 is 14.7 Å². The van der Waals surface area contributed by atoms with Gasteiger partial charge in [-0.2, -0.15) is 0 Å². The van der Waals surface area contributed by atoms with Crippen LogP contribution >= 0.6 is 27.3 Å². The maximum absolute atomic E-state index is 12.9. The van der Waals surface area contributed by atoms with Crippen molar-refractivity contribution in [3.63, 3.8) is 0 Å². The highest BCUT2D eigenvalue weighted by Crippen LogP contribution is 2.45. The van der Waals surface area contributed by atoms with Crippen molar-refractivity contribution >= 4 is 55.5 Å². The van der Waals surface area contributed by atoms with E-state index in [2.05, 4.69) is 21.2 Å². The van der Waals surface area contributed by atoms with Crippen LogP contribution < -0.4 is 5.32 Å². The second kappa shape index (κ2) is 4.91. The zero-order valence-electron chi connectivity index (χ0n) is 11.7. The summed E-state index contributed by atoms with van der Waals surface area (Å²) in [4.78, 5) is 25.4. The lowest BCUT2D eigenvalue weighted by Crippen LogP contribution is -2.45. The Hall–Kier alpha value is -2.18. The van der Waals surface area contributed by atoms with Crippen LogP contribution in [0.25, 0.3) is 10.8 Å². The van der Waals surface area contributed by atoms with E-state index in [1.54, 1.807) is 23.6 Å². The van der Waals surface area contributed by atoms with E-state index in [0.29, 0.717) is 16.1 Å². The van der Waals surface area contributed by atoms with Gasteiger partial charge < -0.3 is 10.4 Å². The fourth-order valence-corrected chi connectivity index (χ4v) is 4.38. The molecule has 2 aromatic carbocycles. The molecular formula is C17H10BrNO3S. The molecule has 0 saturated carbocycles. The molecule has 0 amide bonds. The standard InChI is InChI=1S/C17H10BrNO3S/c18-12-4-1-3-10-9(12)6-7-11-14(10)19-17(15(11)20,16(21)22)13-5-2-8-23-13/h1-8,19H,(H,21,22)/t17-/m1/s1. The van der Waals surface area contributed by atoms with E-state index in [0.717, 1.165) is 15.2 Å². The summed E-state index contributed by atoms with van der Waals surface area (Å²) in [6.45, 7) is 0. The molecule has 0 aliphatic carbocycles. The van der Waals surface area contributed by atoms with Gasteiger partial charge in [-0.3, -0.25) is 4.79 Å². The van der Waals surface area contributed by atoms with Gasteiger partial charge in [0.25, 0.3) is 0 Å². The molecule has 0 radical (unpaired) electrons. The van der Waals surface area contributed by atoms with Crippen LogP contribution in [0.3, 0.4) is 0 Å². The van der Waals surface area contributed by atoms with Crippen molar-refractivity contribution in [3.05, 3.63) is 62.8 Å². The van der Waals surface area contributed by atoms with Crippen LogP contribution in [0.1, 0.15) is 15.2 Å². The summed E-state index contributed by atoms with van der Waals surface area (Å²) in [6.07, 6.45) is 0. The van der Waals surface area contributed by atoms with E-state index in [-0.39, 0.29) is 0 Å². The first kappa shape index (κ1) is 14.4. The van der Waals surface area contributed by atoms with Crippen LogP contribution in [0.15, 0.2) is 52.3 Å². The summed E-state index contributed by atoms with van der Waals surface area (Å²) in [7, 11) is 0. The van der Waals surface area contributed by atoms with E-state index in [4.69, 9.17) is 0 Å². The number of rotatable bonds is 2. The Morgan fingerprint density at radius 3 is 2.65 bits per heavy atom. The number of carbonyl (C=O) groups is 2. The number of carboxylic acids is 1. The molecule has 6 heteroatoms. The van der Waals surface area contributed by atoms with Crippen molar-refractivity contribution in [1.82, 2.24) is 0 Å². The lowest BCUT2D eigenvalue weighted by atomic mass is 9.91. The summed E-state index contributed by atoms with van der Waals surface area (Å²) in [5.74, 6) is -1.62. The van der Waals surface area contributed by atoms with E-state index >= 15 is 0 Å². The van der Waals surface area contributed by atoms with E-state index < -0.39 is 17.3 Å². The Balaban J connectivity index is 2.02. The van der Waals surface area contributed by atoms with Gasteiger partial charge in [-0.1, -0.05) is 40.2 Å². The number of carbonyl (C=O) groups excluding carboxylic acids is 1. The average molecular weight is 388 g/mol. The quantitative estimate of drug-likeness (QED) is 0.644. The highest BCUT2D eigenvalue weighted by Gasteiger charge is 2.54. The number of hydrogen-bond donors (Lipinski definition) is 2. The number of benzene rings is 2. The molecular weight excluding hydrogens is 378 g/mol. The summed E-state index contributed by atoms with van der Waals surface area (Å²) in [5.41, 5.74) is -0.761. The Bertz CT molecular complexity index is 967. The predicted molar refractivity (Wildman–Crippen MR) is 93.2 cm³/mol. The summed E-state index contributed by atoms with van der Waals surface area (Å²) < 4.78 is 0.899. The van der Waals surface area contributed by atoms with Crippen molar-refractivity contribution in [2.24, 2.45) is 0 Å². The monoisotopic (exact) mass is 387 g/mol. The van der Waals surface area contributed by atoms with Gasteiger partial charge in [-0.25, -0.2) is 4.79 Å². The summed E-state index contributed by atoms with van der Waals surface area (Å²) in [6, 6.07) is 12.6. The molecule has 0 bridgehead atoms. The number of nitrogens with one attached hydrogen (secondary N) is 1. The van der Waals surface area contributed by atoms with E-state index in [9.17, 15) is 14.7 Å². The highest BCUT2D eigenvalue weighted by molar-refractivity contribution is 9.10. The van der Waals surface area contributed by atoms with E-state index in [1.165, 1.54) is 11.3 Å². The molecule has 4 rings (SSSR count). The van der Waals surface area contributed by atoms with Crippen molar-refractivity contribution in [1.29, 1.82) is 0 Å².